The van der Waals surface area contributed by atoms with Gasteiger partial charge in [0, 0.05) is 24.6 Å². The smallest absolute Gasteiger partial charge is 0.305 e. The number of nitrogens with zero attached hydrogens (tertiary/aromatic N) is 6. The number of rotatable bonds is 5. The number of pyridine rings is 1. The molecular weight excluding hydrogens is 348 g/mol. The first-order valence-corrected chi connectivity index (χ1v) is 9.25. The zero-order valence-corrected chi connectivity index (χ0v) is 15.3. The monoisotopic (exact) mass is 366 g/mol. The maximum absolute atomic E-state index is 12.3. The molecule has 4 aromatic rings. The van der Waals surface area contributed by atoms with Crippen molar-refractivity contribution < 1.29 is 0 Å². The second-order valence-electron chi connectivity index (χ2n) is 6.02. The van der Waals surface area contributed by atoms with Crippen molar-refractivity contribution in [3.05, 3.63) is 64.7 Å². The molecule has 0 aliphatic rings. The van der Waals surface area contributed by atoms with Crippen molar-refractivity contribution in [1.82, 2.24) is 28.9 Å². The van der Waals surface area contributed by atoms with E-state index in [0.29, 0.717) is 17.9 Å². The Bertz CT molecular complexity index is 1130. The van der Waals surface area contributed by atoms with E-state index in [1.165, 1.54) is 10.2 Å². The Morgan fingerprint density at radius 1 is 1.12 bits per heavy atom. The van der Waals surface area contributed by atoms with Crippen molar-refractivity contribution in [2.24, 2.45) is 7.05 Å². The van der Waals surface area contributed by atoms with Gasteiger partial charge in [0.2, 0.25) is 0 Å². The number of aromatic nitrogens is 6. The van der Waals surface area contributed by atoms with E-state index in [2.05, 4.69) is 34.4 Å². The third kappa shape index (κ3) is 3.03. The first-order chi connectivity index (χ1) is 12.6. The van der Waals surface area contributed by atoms with Gasteiger partial charge in [-0.1, -0.05) is 41.6 Å². The third-order valence-corrected chi connectivity index (χ3v) is 5.13. The average molecular weight is 366 g/mol. The summed E-state index contributed by atoms with van der Waals surface area (Å²) < 4.78 is 5.01. The fraction of sp³-hybridized carbons (Fsp3) is 0.222. The predicted octanol–water partition coefficient (Wildman–Crippen LogP) is 2.39. The van der Waals surface area contributed by atoms with E-state index in [-0.39, 0.29) is 5.69 Å². The second kappa shape index (κ2) is 6.80. The number of thioether (sulfide) groups is 1. The number of aryl methyl sites for hydroxylation is 2. The fourth-order valence-corrected chi connectivity index (χ4v) is 3.64. The summed E-state index contributed by atoms with van der Waals surface area (Å²) in [5.41, 5.74) is 2.76. The summed E-state index contributed by atoms with van der Waals surface area (Å²) in [6.45, 7) is 2.57. The minimum atomic E-state index is -0.125. The Labute approximate surface area is 154 Å². The highest BCUT2D eigenvalue weighted by molar-refractivity contribution is 7.99. The average Bonchev–Trinajstić information content (AvgIpc) is 3.16. The lowest BCUT2D eigenvalue weighted by molar-refractivity contribution is 0.638. The lowest BCUT2D eigenvalue weighted by Gasteiger charge is -2.04. The zero-order chi connectivity index (χ0) is 18.1. The van der Waals surface area contributed by atoms with Gasteiger partial charge in [0.1, 0.15) is 0 Å². The van der Waals surface area contributed by atoms with Crippen LogP contribution in [0.5, 0.6) is 0 Å². The fourth-order valence-electron chi connectivity index (χ4n) is 2.81. The van der Waals surface area contributed by atoms with Crippen molar-refractivity contribution in [2.75, 3.05) is 5.75 Å². The van der Waals surface area contributed by atoms with Crippen LogP contribution in [0.25, 0.3) is 17.0 Å². The van der Waals surface area contributed by atoms with Gasteiger partial charge in [-0.15, -0.1) is 15.3 Å². The number of hydrogen-bond acceptors (Lipinski definition) is 5. The lowest BCUT2D eigenvalue weighted by Crippen LogP contribution is -2.22. The summed E-state index contributed by atoms with van der Waals surface area (Å²) in [6.07, 6.45) is 1.73. The third-order valence-electron chi connectivity index (χ3n) is 4.13. The van der Waals surface area contributed by atoms with Crippen molar-refractivity contribution in [1.29, 1.82) is 0 Å². The van der Waals surface area contributed by atoms with Gasteiger partial charge in [0.15, 0.2) is 16.6 Å². The Balaban J connectivity index is 1.48. The van der Waals surface area contributed by atoms with Crippen LogP contribution in [0.2, 0.25) is 0 Å². The molecule has 0 spiro atoms. The number of benzene rings is 1. The summed E-state index contributed by atoms with van der Waals surface area (Å²) in [4.78, 5) is 12.3. The van der Waals surface area contributed by atoms with Gasteiger partial charge >= 0.3 is 5.69 Å². The largest absolute Gasteiger partial charge is 0.350 e. The SMILES string of the molecule is Cc1cccc(-c2nnc(SCCn3nc4ccccn4c3=O)n2C)c1. The van der Waals surface area contributed by atoms with Gasteiger partial charge in [-0.05, 0) is 25.1 Å². The molecule has 0 N–H and O–H groups in total. The van der Waals surface area contributed by atoms with E-state index in [0.717, 1.165) is 16.5 Å². The molecule has 3 aromatic heterocycles. The van der Waals surface area contributed by atoms with Gasteiger partial charge < -0.3 is 4.57 Å². The Morgan fingerprint density at radius 2 is 2.00 bits per heavy atom. The Kier molecular flexibility index (Phi) is 4.34. The summed E-state index contributed by atoms with van der Waals surface area (Å²) >= 11 is 1.56. The summed E-state index contributed by atoms with van der Waals surface area (Å²) in [6, 6.07) is 13.7. The molecule has 3 heterocycles. The minimum absolute atomic E-state index is 0.125. The highest BCUT2D eigenvalue weighted by Crippen LogP contribution is 2.23. The van der Waals surface area contributed by atoms with Crippen molar-refractivity contribution in [3.8, 4) is 11.4 Å². The van der Waals surface area contributed by atoms with Crippen molar-refractivity contribution in [2.45, 2.75) is 18.6 Å². The highest BCUT2D eigenvalue weighted by Gasteiger charge is 2.12. The van der Waals surface area contributed by atoms with Gasteiger partial charge in [-0.2, -0.15) is 0 Å². The second-order valence-corrected chi connectivity index (χ2v) is 7.08. The Hall–Kier alpha value is -2.87. The lowest BCUT2D eigenvalue weighted by atomic mass is 10.1. The van der Waals surface area contributed by atoms with Crippen LogP contribution in [0.1, 0.15) is 5.56 Å². The van der Waals surface area contributed by atoms with Crippen LogP contribution in [0.15, 0.2) is 58.6 Å². The molecule has 0 aliphatic heterocycles. The molecule has 4 rings (SSSR count). The van der Waals surface area contributed by atoms with Crippen molar-refractivity contribution in [3.63, 3.8) is 0 Å². The molecule has 0 unspecified atom stereocenters. The van der Waals surface area contributed by atoms with E-state index in [9.17, 15) is 4.79 Å². The molecule has 1 aromatic carbocycles. The van der Waals surface area contributed by atoms with E-state index in [4.69, 9.17) is 0 Å². The van der Waals surface area contributed by atoms with Crippen LogP contribution < -0.4 is 5.69 Å². The van der Waals surface area contributed by atoms with Crippen LogP contribution in [0, 0.1) is 6.92 Å². The topological polar surface area (TPSA) is 70.0 Å². The predicted molar refractivity (Wildman–Crippen MR) is 101 cm³/mol. The molecule has 0 saturated carbocycles. The minimum Gasteiger partial charge on any atom is -0.305 e. The highest BCUT2D eigenvalue weighted by atomic mass is 32.2. The van der Waals surface area contributed by atoms with Gasteiger partial charge in [-0.3, -0.25) is 4.40 Å². The van der Waals surface area contributed by atoms with Crippen LogP contribution in [-0.4, -0.2) is 34.7 Å². The molecular formula is C18H18N6OS. The molecule has 7 nitrogen and oxygen atoms in total. The van der Waals surface area contributed by atoms with Crippen LogP contribution in [0.3, 0.4) is 0 Å². The first kappa shape index (κ1) is 16.6. The molecule has 0 radical (unpaired) electrons. The molecule has 0 bridgehead atoms. The number of fused-ring (bicyclic) bond motifs is 1. The van der Waals surface area contributed by atoms with Crippen LogP contribution in [0.4, 0.5) is 0 Å². The van der Waals surface area contributed by atoms with E-state index < -0.39 is 0 Å². The van der Waals surface area contributed by atoms with Gasteiger partial charge in [0.25, 0.3) is 0 Å². The maximum atomic E-state index is 12.3. The standard InChI is InChI=1S/C18H18N6OS/c1-13-6-5-7-14(12-13)16-19-20-17(22(16)2)26-11-10-24-18(25)23-9-4-3-8-15(23)21-24/h3-9,12H,10-11H2,1-2H3. The first-order valence-electron chi connectivity index (χ1n) is 8.27. The quantitative estimate of drug-likeness (QED) is 0.507. The van der Waals surface area contributed by atoms with Crippen LogP contribution >= 0.6 is 11.8 Å². The van der Waals surface area contributed by atoms with E-state index in [1.807, 2.05) is 41.9 Å². The molecule has 0 amide bonds. The van der Waals surface area contributed by atoms with Gasteiger partial charge in [-0.25, -0.2) is 9.48 Å². The van der Waals surface area contributed by atoms with E-state index in [1.54, 1.807) is 22.4 Å². The summed E-state index contributed by atoms with van der Waals surface area (Å²) in [5.74, 6) is 1.52. The zero-order valence-electron chi connectivity index (χ0n) is 14.5. The van der Waals surface area contributed by atoms with Gasteiger partial charge in [0.05, 0.1) is 6.54 Å². The Morgan fingerprint density at radius 3 is 2.81 bits per heavy atom. The number of hydrogen-bond donors (Lipinski definition) is 0. The molecule has 26 heavy (non-hydrogen) atoms. The molecule has 0 atom stereocenters. The molecule has 8 heteroatoms. The molecule has 0 fully saturated rings. The van der Waals surface area contributed by atoms with E-state index >= 15 is 0 Å². The van der Waals surface area contributed by atoms with Crippen LogP contribution in [-0.2, 0) is 13.6 Å². The summed E-state index contributed by atoms with van der Waals surface area (Å²) in [5, 5.41) is 13.7. The normalized spacial score (nSPS) is 11.3. The molecule has 0 saturated heterocycles. The molecule has 0 aliphatic carbocycles. The molecule has 132 valence electrons. The summed E-state index contributed by atoms with van der Waals surface area (Å²) in [7, 11) is 1.96. The maximum Gasteiger partial charge on any atom is 0.350 e. The van der Waals surface area contributed by atoms with Crippen molar-refractivity contribution >= 4 is 17.4 Å².